The summed E-state index contributed by atoms with van der Waals surface area (Å²) in [5, 5.41) is 6.86. The van der Waals surface area contributed by atoms with Crippen LogP contribution in [0.2, 0.25) is 0 Å². The van der Waals surface area contributed by atoms with Crippen molar-refractivity contribution in [3.8, 4) is 0 Å². The Morgan fingerprint density at radius 3 is 2.28 bits per heavy atom. The molecule has 0 saturated heterocycles. The first kappa shape index (κ1) is 18.9. The van der Waals surface area contributed by atoms with Crippen molar-refractivity contribution in [3.63, 3.8) is 0 Å². The van der Waals surface area contributed by atoms with Crippen molar-refractivity contribution in [1.29, 1.82) is 0 Å². The van der Waals surface area contributed by atoms with Crippen LogP contribution in [0.4, 0.5) is 0 Å². The number of rotatable bonds is 2. The first-order valence-electron chi connectivity index (χ1n) is 8.67. The predicted octanol–water partition coefficient (Wildman–Crippen LogP) is 5.09. The minimum atomic E-state index is -0.148. The molecule has 2 N–H and O–H groups in total. The Labute approximate surface area is 189 Å². The van der Waals surface area contributed by atoms with Crippen molar-refractivity contribution in [2.24, 2.45) is 23.7 Å². The van der Waals surface area contributed by atoms with Crippen LogP contribution in [0.3, 0.4) is 0 Å². The first-order valence-corrected chi connectivity index (χ1v) is 12.0. The zero-order valence-corrected chi connectivity index (χ0v) is 20.2. The Kier molecular flexibility index (Phi) is 5.66. The average molecular weight is 645 g/mol. The number of thiocarbonyl (C=S) groups is 1. The van der Waals surface area contributed by atoms with Crippen molar-refractivity contribution < 1.29 is 4.79 Å². The summed E-state index contributed by atoms with van der Waals surface area (Å²) >= 11 is 13.5. The summed E-state index contributed by atoms with van der Waals surface area (Å²) in [4.78, 5) is 12.7. The summed E-state index contributed by atoms with van der Waals surface area (Å²) in [7, 11) is 0. The number of halogens is 3. The summed E-state index contributed by atoms with van der Waals surface area (Å²) in [6.07, 6.45) is 6.79. The lowest BCUT2D eigenvalue weighted by molar-refractivity contribution is -0.00692. The van der Waals surface area contributed by atoms with E-state index < -0.39 is 0 Å². The lowest BCUT2D eigenvalue weighted by Gasteiger charge is -2.54. The molecule has 7 heteroatoms. The highest BCUT2D eigenvalue weighted by atomic mass is 127. The second-order valence-corrected chi connectivity index (χ2v) is 11.2. The van der Waals surface area contributed by atoms with Crippen LogP contribution in [0.1, 0.15) is 42.5 Å². The van der Waals surface area contributed by atoms with Gasteiger partial charge in [0, 0.05) is 17.7 Å². The largest absolute Gasteiger partial charge is 0.359 e. The number of amides is 1. The third-order valence-corrected chi connectivity index (χ3v) is 9.28. The van der Waals surface area contributed by atoms with E-state index in [1.807, 2.05) is 12.1 Å². The number of nitrogens with one attached hydrogen (secondary N) is 2. The lowest BCUT2D eigenvalue weighted by Crippen LogP contribution is -2.57. The van der Waals surface area contributed by atoms with E-state index in [1.54, 1.807) is 0 Å². The van der Waals surface area contributed by atoms with Crippen LogP contribution in [0.15, 0.2) is 16.6 Å². The van der Waals surface area contributed by atoms with Crippen molar-refractivity contribution >= 4 is 84.3 Å². The van der Waals surface area contributed by atoms with E-state index in [9.17, 15) is 4.79 Å². The maximum absolute atomic E-state index is 12.7. The minimum absolute atomic E-state index is 0.148. The number of hydrogen-bond donors (Lipinski definition) is 2. The highest BCUT2D eigenvalue weighted by Gasteiger charge is 2.48. The molecule has 5 rings (SSSR count). The zero-order chi connectivity index (χ0) is 17.7. The van der Waals surface area contributed by atoms with Gasteiger partial charge in [0.1, 0.15) is 0 Å². The van der Waals surface area contributed by atoms with E-state index in [-0.39, 0.29) is 5.91 Å². The molecule has 1 aromatic carbocycles. The fourth-order valence-electron chi connectivity index (χ4n) is 5.24. The van der Waals surface area contributed by atoms with Crippen LogP contribution >= 0.6 is 73.3 Å². The third-order valence-electron chi connectivity index (χ3n) is 5.99. The molecule has 0 atom stereocenters. The SMILES string of the molecule is O=C(NC(=S)NC1C2CC3CC(C2)CC1C3)c1cc(I)cc(I)c1Br. The molecule has 0 aromatic heterocycles. The molecule has 1 aromatic rings. The Bertz CT molecular complexity index is 714. The van der Waals surface area contributed by atoms with Crippen molar-refractivity contribution in [3.05, 3.63) is 29.3 Å². The normalized spacial score (nSPS) is 32.5. The van der Waals surface area contributed by atoms with Crippen molar-refractivity contribution in [2.45, 2.75) is 38.1 Å². The van der Waals surface area contributed by atoms with Crippen molar-refractivity contribution in [2.75, 3.05) is 0 Å². The summed E-state index contributed by atoms with van der Waals surface area (Å²) in [6.45, 7) is 0. The van der Waals surface area contributed by atoms with E-state index in [0.717, 1.165) is 35.3 Å². The quantitative estimate of drug-likeness (QED) is 0.268. The van der Waals surface area contributed by atoms with Gasteiger partial charge in [0.25, 0.3) is 5.91 Å². The van der Waals surface area contributed by atoms with Crippen molar-refractivity contribution in [1.82, 2.24) is 10.6 Å². The third kappa shape index (κ3) is 3.89. The summed E-state index contributed by atoms with van der Waals surface area (Å²) < 4.78 is 2.88. The molecule has 0 radical (unpaired) electrons. The fourth-order valence-corrected chi connectivity index (χ4v) is 7.72. The molecule has 0 unspecified atom stereocenters. The van der Waals surface area contributed by atoms with E-state index in [1.165, 1.54) is 32.1 Å². The lowest BCUT2D eigenvalue weighted by atomic mass is 9.54. The number of carbonyl (C=O) groups excluding carboxylic acids is 1. The smallest absolute Gasteiger partial charge is 0.258 e. The van der Waals surface area contributed by atoms with Crippen LogP contribution in [0, 0.1) is 30.8 Å². The van der Waals surface area contributed by atoms with Gasteiger partial charge in [-0.15, -0.1) is 0 Å². The molecule has 0 heterocycles. The summed E-state index contributed by atoms with van der Waals surface area (Å²) in [5.41, 5.74) is 0.630. The number of carbonyl (C=O) groups is 1. The molecule has 25 heavy (non-hydrogen) atoms. The van der Waals surface area contributed by atoms with Gasteiger partial charge >= 0.3 is 0 Å². The Balaban J connectivity index is 1.42. The van der Waals surface area contributed by atoms with Gasteiger partial charge in [0.2, 0.25) is 0 Å². The monoisotopic (exact) mass is 644 g/mol. The van der Waals surface area contributed by atoms with Gasteiger partial charge < -0.3 is 5.32 Å². The van der Waals surface area contributed by atoms with Crippen LogP contribution < -0.4 is 10.6 Å². The van der Waals surface area contributed by atoms with Gasteiger partial charge in [-0.3, -0.25) is 10.1 Å². The molecule has 134 valence electrons. The van der Waals surface area contributed by atoms with Gasteiger partial charge in [0.05, 0.1) is 5.56 Å². The van der Waals surface area contributed by atoms with Crippen LogP contribution in [-0.4, -0.2) is 17.1 Å². The molecule has 4 aliphatic carbocycles. The maximum Gasteiger partial charge on any atom is 0.258 e. The number of benzene rings is 1. The van der Waals surface area contributed by atoms with Gasteiger partial charge in [0.15, 0.2) is 5.11 Å². The van der Waals surface area contributed by atoms with Crippen LogP contribution in [0.5, 0.6) is 0 Å². The van der Waals surface area contributed by atoms with Gasteiger partial charge in [-0.25, -0.2) is 0 Å². The Hall–Kier alpha value is 0.520. The molecule has 4 aliphatic rings. The standard InChI is InChI=1S/C18H19BrI2N2OS/c19-15-13(6-12(20)7-14(15)21)17(24)23-18(25)22-16-10-2-8-1-9(4-10)5-11(16)3-8/h6-11,16H,1-5H2,(H2,22,23,24,25). The molecular formula is C18H19BrI2N2OS. The Morgan fingerprint density at radius 1 is 1.08 bits per heavy atom. The summed E-state index contributed by atoms with van der Waals surface area (Å²) in [6, 6.07) is 4.36. The van der Waals surface area contributed by atoms with Gasteiger partial charge in [-0.2, -0.15) is 0 Å². The molecule has 4 saturated carbocycles. The molecule has 0 spiro atoms. The van der Waals surface area contributed by atoms with Gasteiger partial charge in [-0.05, 0) is 141 Å². The van der Waals surface area contributed by atoms with E-state index in [2.05, 4.69) is 71.7 Å². The summed E-state index contributed by atoms with van der Waals surface area (Å²) in [5.74, 6) is 3.19. The average Bonchev–Trinajstić information content (AvgIpc) is 2.53. The molecule has 1 amide bonds. The second kappa shape index (κ2) is 7.50. The first-order chi connectivity index (χ1) is 11.9. The van der Waals surface area contributed by atoms with Crippen LogP contribution in [-0.2, 0) is 0 Å². The molecule has 4 bridgehead atoms. The molecule has 0 aliphatic heterocycles. The highest BCUT2D eigenvalue weighted by Crippen LogP contribution is 2.53. The topological polar surface area (TPSA) is 41.1 Å². The van der Waals surface area contributed by atoms with Gasteiger partial charge in [-0.1, -0.05) is 0 Å². The van der Waals surface area contributed by atoms with Crippen LogP contribution in [0.25, 0.3) is 0 Å². The van der Waals surface area contributed by atoms with E-state index in [0.29, 0.717) is 16.7 Å². The zero-order valence-electron chi connectivity index (χ0n) is 13.5. The van der Waals surface area contributed by atoms with E-state index >= 15 is 0 Å². The highest BCUT2D eigenvalue weighted by molar-refractivity contribution is 14.1. The number of hydrogen-bond acceptors (Lipinski definition) is 2. The van der Waals surface area contributed by atoms with E-state index in [4.69, 9.17) is 12.2 Å². The maximum atomic E-state index is 12.7. The molecule has 4 fully saturated rings. The fraction of sp³-hybridized carbons (Fsp3) is 0.556. The second-order valence-electron chi connectivity index (χ2n) is 7.63. The Morgan fingerprint density at radius 2 is 1.68 bits per heavy atom. The predicted molar refractivity (Wildman–Crippen MR) is 124 cm³/mol. The molecule has 3 nitrogen and oxygen atoms in total. The molecular weight excluding hydrogens is 626 g/mol. The minimum Gasteiger partial charge on any atom is -0.359 e.